The van der Waals surface area contributed by atoms with E-state index in [1.165, 1.54) is 7.11 Å². The first-order valence-corrected chi connectivity index (χ1v) is 8.30. The molecule has 6 heteroatoms. The van der Waals surface area contributed by atoms with Gasteiger partial charge in [0.15, 0.2) is 11.4 Å². The van der Waals surface area contributed by atoms with Crippen molar-refractivity contribution >= 4 is 33.3 Å². The Balaban J connectivity index is 1.87. The minimum Gasteiger partial charge on any atom is -0.496 e. The van der Waals surface area contributed by atoms with E-state index in [4.69, 9.17) is 4.74 Å². The SMILES string of the molecule is COc1ccc(Br)c2c1C(=O)[C@@H]([C@@]1(O)C(=O)Nc3ccccc31)C2. The normalized spacial score (nSPS) is 24.5. The summed E-state index contributed by atoms with van der Waals surface area (Å²) in [6.07, 6.45) is 0.268. The van der Waals surface area contributed by atoms with E-state index in [0.29, 0.717) is 22.6 Å². The molecular weight excluding hydrogens is 374 g/mol. The molecule has 5 nitrogen and oxygen atoms in total. The molecule has 0 saturated carbocycles. The van der Waals surface area contributed by atoms with Crippen LogP contribution in [0.5, 0.6) is 5.75 Å². The fourth-order valence-corrected chi connectivity index (χ4v) is 4.15. The van der Waals surface area contributed by atoms with Gasteiger partial charge in [-0.25, -0.2) is 0 Å². The third kappa shape index (κ3) is 1.84. The molecule has 0 aromatic heterocycles. The lowest BCUT2D eigenvalue weighted by molar-refractivity contribution is -0.137. The van der Waals surface area contributed by atoms with Crippen molar-refractivity contribution in [3.05, 3.63) is 57.6 Å². The number of benzene rings is 2. The van der Waals surface area contributed by atoms with E-state index in [-0.39, 0.29) is 12.2 Å². The second-order valence-electron chi connectivity index (χ2n) is 5.99. The zero-order chi connectivity index (χ0) is 17.1. The largest absolute Gasteiger partial charge is 0.496 e. The summed E-state index contributed by atoms with van der Waals surface area (Å²) in [4.78, 5) is 25.6. The molecule has 2 atom stereocenters. The Hall–Kier alpha value is -2.18. The van der Waals surface area contributed by atoms with Crippen molar-refractivity contribution in [1.82, 2.24) is 0 Å². The number of anilines is 1. The topological polar surface area (TPSA) is 75.6 Å². The van der Waals surface area contributed by atoms with Crippen LogP contribution in [0.2, 0.25) is 0 Å². The maximum atomic E-state index is 13.0. The van der Waals surface area contributed by atoms with Gasteiger partial charge in [-0.2, -0.15) is 0 Å². The minimum absolute atomic E-state index is 0.268. The first kappa shape index (κ1) is 15.4. The molecule has 0 saturated heterocycles. The number of para-hydroxylation sites is 1. The average molecular weight is 388 g/mol. The van der Waals surface area contributed by atoms with Gasteiger partial charge >= 0.3 is 0 Å². The monoisotopic (exact) mass is 387 g/mol. The summed E-state index contributed by atoms with van der Waals surface area (Å²) in [5.74, 6) is -1.28. The van der Waals surface area contributed by atoms with E-state index in [2.05, 4.69) is 21.2 Å². The molecule has 0 bridgehead atoms. The number of halogens is 1. The summed E-state index contributed by atoms with van der Waals surface area (Å²) in [5.41, 5.74) is 0.297. The Bertz CT molecular complexity index is 895. The van der Waals surface area contributed by atoms with E-state index in [9.17, 15) is 14.7 Å². The number of methoxy groups -OCH3 is 1. The fraction of sp³-hybridized carbons (Fsp3) is 0.222. The molecule has 24 heavy (non-hydrogen) atoms. The molecule has 4 rings (SSSR count). The number of aliphatic hydroxyl groups is 1. The van der Waals surface area contributed by atoms with Crippen molar-refractivity contribution in [2.45, 2.75) is 12.0 Å². The summed E-state index contributed by atoms with van der Waals surface area (Å²) >= 11 is 3.45. The smallest absolute Gasteiger partial charge is 0.261 e. The molecule has 0 radical (unpaired) electrons. The van der Waals surface area contributed by atoms with Gasteiger partial charge in [0.1, 0.15) is 5.75 Å². The molecule has 1 aliphatic heterocycles. The number of carbonyl (C=O) groups excluding carboxylic acids is 2. The molecule has 0 fully saturated rings. The summed E-state index contributed by atoms with van der Waals surface area (Å²) in [6, 6.07) is 10.4. The van der Waals surface area contributed by atoms with Crippen LogP contribution in [0.1, 0.15) is 21.5 Å². The maximum Gasteiger partial charge on any atom is 0.261 e. The van der Waals surface area contributed by atoms with E-state index >= 15 is 0 Å². The van der Waals surface area contributed by atoms with Gasteiger partial charge in [0.25, 0.3) is 5.91 Å². The number of carbonyl (C=O) groups is 2. The fourth-order valence-electron chi connectivity index (χ4n) is 3.66. The third-order valence-electron chi connectivity index (χ3n) is 4.84. The van der Waals surface area contributed by atoms with Crippen LogP contribution in [0.3, 0.4) is 0 Å². The molecule has 1 heterocycles. The Kier molecular flexibility index (Phi) is 3.30. The number of fused-ring (bicyclic) bond motifs is 2. The summed E-state index contributed by atoms with van der Waals surface area (Å²) in [6.45, 7) is 0. The van der Waals surface area contributed by atoms with Crippen molar-refractivity contribution in [3.8, 4) is 5.75 Å². The first-order valence-electron chi connectivity index (χ1n) is 7.51. The van der Waals surface area contributed by atoms with Crippen LogP contribution in [-0.4, -0.2) is 23.9 Å². The van der Waals surface area contributed by atoms with E-state index in [1.54, 1.807) is 36.4 Å². The molecule has 2 aromatic rings. The van der Waals surface area contributed by atoms with Crippen LogP contribution < -0.4 is 10.1 Å². The molecule has 2 aromatic carbocycles. The van der Waals surface area contributed by atoms with Crippen LogP contribution in [0, 0.1) is 5.92 Å². The predicted octanol–water partition coefficient (Wildman–Crippen LogP) is 2.65. The number of rotatable bonds is 2. The van der Waals surface area contributed by atoms with Crippen LogP contribution in [0.15, 0.2) is 40.9 Å². The number of ether oxygens (including phenoxy) is 1. The highest BCUT2D eigenvalue weighted by Crippen LogP contribution is 2.49. The Morgan fingerprint density at radius 1 is 1.25 bits per heavy atom. The molecule has 2 N–H and O–H groups in total. The van der Waals surface area contributed by atoms with Gasteiger partial charge in [-0.15, -0.1) is 0 Å². The maximum absolute atomic E-state index is 13.0. The number of amides is 1. The van der Waals surface area contributed by atoms with Gasteiger partial charge in [0.05, 0.1) is 18.6 Å². The highest BCUT2D eigenvalue weighted by Gasteiger charge is 2.56. The minimum atomic E-state index is -1.88. The van der Waals surface area contributed by atoms with Gasteiger partial charge in [-0.1, -0.05) is 34.1 Å². The number of Topliss-reactive ketones (excluding diaryl/α,β-unsaturated/α-hetero) is 1. The Morgan fingerprint density at radius 2 is 2.00 bits per heavy atom. The van der Waals surface area contributed by atoms with Crippen molar-refractivity contribution in [3.63, 3.8) is 0 Å². The molecule has 1 aliphatic carbocycles. The van der Waals surface area contributed by atoms with Gasteiger partial charge in [0.2, 0.25) is 0 Å². The highest BCUT2D eigenvalue weighted by atomic mass is 79.9. The quantitative estimate of drug-likeness (QED) is 0.830. The van der Waals surface area contributed by atoms with Gasteiger partial charge < -0.3 is 15.2 Å². The van der Waals surface area contributed by atoms with Crippen LogP contribution >= 0.6 is 15.9 Å². The Labute approximate surface area is 146 Å². The Morgan fingerprint density at radius 3 is 2.75 bits per heavy atom. The van der Waals surface area contributed by atoms with Crippen molar-refractivity contribution < 1.29 is 19.4 Å². The number of hydrogen-bond acceptors (Lipinski definition) is 4. The first-order chi connectivity index (χ1) is 11.5. The van der Waals surface area contributed by atoms with Crippen LogP contribution in [0.4, 0.5) is 5.69 Å². The number of ketones is 1. The predicted molar refractivity (Wildman–Crippen MR) is 91.2 cm³/mol. The second-order valence-corrected chi connectivity index (χ2v) is 6.84. The average Bonchev–Trinajstić information content (AvgIpc) is 3.06. The summed E-state index contributed by atoms with van der Waals surface area (Å²) in [7, 11) is 1.50. The summed E-state index contributed by atoms with van der Waals surface area (Å²) < 4.78 is 6.07. The lowest BCUT2D eigenvalue weighted by Gasteiger charge is -2.26. The zero-order valence-corrected chi connectivity index (χ0v) is 14.4. The summed E-state index contributed by atoms with van der Waals surface area (Å²) in [5, 5.41) is 13.9. The zero-order valence-electron chi connectivity index (χ0n) is 12.8. The van der Waals surface area contributed by atoms with Crippen molar-refractivity contribution in [2.75, 3.05) is 12.4 Å². The van der Waals surface area contributed by atoms with Gasteiger partial charge in [-0.05, 0) is 30.2 Å². The van der Waals surface area contributed by atoms with Crippen LogP contribution in [-0.2, 0) is 16.8 Å². The van der Waals surface area contributed by atoms with Crippen molar-refractivity contribution in [2.24, 2.45) is 5.92 Å². The lowest BCUT2D eigenvalue weighted by atomic mass is 9.80. The van der Waals surface area contributed by atoms with E-state index in [0.717, 1.165) is 10.0 Å². The number of hydrogen-bond donors (Lipinski definition) is 2. The molecule has 1 amide bonds. The van der Waals surface area contributed by atoms with Crippen molar-refractivity contribution in [1.29, 1.82) is 0 Å². The third-order valence-corrected chi connectivity index (χ3v) is 5.59. The molecule has 0 unspecified atom stereocenters. The number of nitrogens with one attached hydrogen (secondary N) is 1. The second kappa shape index (κ2) is 5.16. The molecule has 0 spiro atoms. The lowest BCUT2D eigenvalue weighted by Crippen LogP contribution is -2.44. The molecule has 2 aliphatic rings. The van der Waals surface area contributed by atoms with E-state index in [1.807, 2.05) is 0 Å². The molecular formula is C18H14BrNO4. The van der Waals surface area contributed by atoms with Gasteiger partial charge in [-0.3, -0.25) is 9.59 Å². The standard InChI is InChI=1S/C18H14BrNO4/c1-24-14-7-6-12(19)9-8-11(16(21)15(9)14)18(23)10-4-2-3-5-13(10)20-17(18)22/h2-7,11,23H,8H2,1H3,(H,20,22)/t11-,18+/m0/s1. The molecule has 122 valence electrons. The van der Waals surface area contributed by atoms with E-state index < -0.39 is 17.4 Å². The van der Waals surface area contributed by atoms with Crippen LogP contribution in [0.25, 0.3) is 0 Å². The van der Waals surface area contributed by atoms with Gasteiger partial charge in [0, 0.05) is 15.7 Å². The highest BCUT2D eigenvalue weighted by molar-refractivity contribution is 9.10.